The van der Waals surface area contributed by atoms with Crippen LogP contribution in [0, 0.1) is 12.8 Å². The van der Waals surface area contributed by atoms with E-state index in [1.807, 2.05) is 13.0 Å². The Kier molecular flexibility index (Phi) is 11.8. The first-order valence-corrected chi connectivity index (χ1v) is 11.4. The van der Waals surface area contributed by atoms with Gasteiger partial charge in [0.1, 0.15) is 0 Å². The Morgan fingerprint density at radius 3 is 2.33 bits per heavy atom. The Morgan fingerprint density at radius 2 is 1.79 bits per heavy atom. The minimum absolute atomic E-state index is 0.00214. The normalized spacial score (nSPS) is 15.1. The number of nitrogens with zero attached hydrogens (tertiary/aromatic N) is 1. The highest BCUT2D eigenvalue weighted by atomic mass is 16.6. The fourth-order valence-electron chi connectivity index (χ4n) is 3.97. The van der Waals surface area contributed by atoms with Crippen molar-refractivity contribution in [2.45, 2.75) is 66.9 Å². The summed E-state index contributed by atoms with van der Waals surface area (Å²) in [7, 11) is 4.53. The van der Waals surface area contributed by atoms with Crippen molar-refractivity contribution in [2.24, 2.45) is 5.92 Å². The van der Waals surface area contributed by atoms with E-state index in [1.165, 1.54) is 25.4 Å². The number of pyridine rings is 1. The van der Waals surface area contributed by atoms with E-state index in [1.54, 1.807) is 14.0 Å². The van der Waals surface area contributed by atoms with Crippen LogP contribution < -0.4 is 14.9 Å². The van der Waals surface area contributed by atoms with E-state index < -0.39 is 0 Å². The molecule has 2 atom stereocenters. The first kappa shape index (κ1) is 28.3. The predicted molar refractivity (Wildman–Crippen MR) is 135 cm³/mol. The first-order valence-electron chi connectivity index (χ1n) is 11.4. The van der Waals surface area contributed by atoms with Gasteiger partial charge < -0.3 is 19.4 Å². The molecule has 0 fully saturated rings. The maximum atomic E-state index is 12.5. The maximum Gasteiger partial charge on any atom is 0.274 e. The van der Waals surface area contributed by atoms with Gasteiger partial charge >= 0.3 is 0 Å². The lowest BCUT2D eigenvalue weighted by Crippen LogP contribution is -2.20. The lowest BCUT2D eigenvalue weighted by Gasteiger charge is -2.21. The van der Waals surface area contributed by atoms with Crippen LogP contribution in [0.4, 0.5) is 0 Å². The Morgan fingerprint density at radius 1 is 1.12 bits per heavy atom. The van der Waals surface area contributed by atoms with Gasteiger partial charge in [-0.2, -0.15) is 4.73 Å². The number of ether oxygens (including phenoxy) is 3. The van der Waals surface area contributed by atoms with Crippen molar-refractivity contribution in [1.82, 2.24) is 4.73 Å². The molecular weight excluding hydrogens is 418 g/mol. The van der Waals surface area contributed by atoms with Crippen molar-refractivity contribution >= 4 is 0 Å². The summed E-state index contributed by atoms with van der Waals surface area (Å²) in [5.41, 5.74) is 4.20. The van der Waals surface area contributed by atoms with Gasteiger partial charge in [0.15, 0.2) is 0 Å². The number of hydrogen-bond donors (Lipinski definition) is 1. The summed E-state index contributed by atoms with van der Waals surface area (Å²) in [4.78, 5) is 12.5. The van der Waals surface area contributed by atoms with Gasteiger partial charge in [-0.3, -0.25) is 4.79 Å². The molecule has 1 N–H and O–H groups in total. The second kappa shape index (κ2) is 13.7. The molecule has 0 radical (unpaired) electrons. The standard InChI is InChI=1S/C27H41NO5/c1-10-12-20(4)25(31-7)21(5)17-19(3)14-11-13-18(2)15-16-23-22(6)24(29)26(32-8)27(33-9)28(23)30/h11-12,14-15,17,21,25,30H,10,13,16H2,1-9H3. The smallest absolute Gasteiger partial charge is 0.274 e. The molecule has 1 aromatic heterocycles. The SMILES string of the molecule is CCC=C(C)C(OC)C(C)C=C(C)C=CCC(C)=CCc1c(C)c(=O)c(OC)c(OC)n1O. The van der Waals surface area contributed by atoms with Crippen LogP contribution in [0.3, 0.4) is 0 Å². The molecule has 0 aromatic carbocycles. The highest BCUT2D eigenvalue weighted by molar-refractivity contribution is 5.41. The monoisotopic (exact) mass is 459 g/mol. The fraction of sp³-hybridized carbons (Fsp3) is 0.519. The van der Waals surface area contributed by atoms with Crippen LogP contribution in [0.15, 0.2) is 51.9 Å². The molecule has 2 unspecified atom stereocenters. The summed E-state index contributed by atoms with van der Waals surface area (Å²) in [6.45, 7) is 12.2. The van der Waals surface area contributed by atoms with Crippen molar-refractivity contribution in [2.75, 3.05) is 21.3 Å². The molecule has 1 rings (SSSR count). The van der Waals surface area contributed by atoms with Crippen LogP contribution >= 0.6 is 0 Å². The molecule has 0 saturated carbocycles. The summed E-state index contributed by atoms with van der Waals surface area (Å²) in [5, 5.41) is 10.5. The van der Waals surface area contributed by atoms with E-state index in [0.717, 1.165) is 23.1 Å². The zero-order valence-electron chi connectivity index (χ0n) is 21.7. The van der Waals surface area contributed by atoms with Crippen molar-refractivity contribution < 1.29 is 19.4 Å². The molecule has 1 heterocycles. The Bertz CT molecular complexity index is 966. The van der Waals surface area contributed by atoms with Gasteiger partial charge in [0, 0.05) is 25.0 Å². The topological polar surface area (TPSA) is 69.9 Å². The van der Waals surface area contributed by atoms with E-state index in [2.05, 4.69) is 52.0 Å². The van der Waals surface area contributed by atoms with Crippen LogP contribution in [-0.4, -0.2) is 37.4 Å². The van der Waals surface area contributed by atoms with Crippen molar-refractivity contribution in [3.63, 3.8) is 0 Å². The second-order valence-corrected chi connectivity index (χ2v) is 8.40. The minimum Gasteiger partial charge on any atom is -0.488 e. The minimum atomic E-state index is -0.283. The molecule has 0 aliphatic rings. The number of rotatable bonds is 12. The van der Waals surface area contributed by atoms with Gasteiger partial charge in [-0.05, 0) is 46.1 Å². The van der Waals surface area contributed by atoms with E-state index in [9.17, 15) is 10.0 Å². The summed E-state index contributed by atoms with van der Waals surface area (Å²) in [6.07, 6.45) is 12.9. The third-order valence-electron chi connectivity index (χ3n) is 5.72. The highest BCUT2D eigenvalue weighted by Gasteiger charge is 2.20. The van der Waals surface area contributed by atoms with E-state index in [4.69, 9.17) is 14.2 Å². The van der Waals surface area contributed by atoms with Gasteiger partial charge in [-0.15, -0.1) is 0 Å². The number of aromatic nitrogens is 1. The van der Waals surface area contributed by atoms with Gasteiger partial charge in [0.2, 0.25) is 11.2 Å². The molecule has 6 heteroatoms. The van der Waals surface area contributed by atoms with E-state index >= 15 is 0 Å². The third-order valence-corrected chi connectivity index (χ3v) is 5.72. The number of allylic oxidation sites excluding steroid dienone is 6. The van der Waals surface area contributed by atoms with Crippen LogP contribution in [0.1, 0.15) is 58.7 Å². The van der Waals surface area contributed by atoms with Gasteiger partial charge in [-0.25, -0.2) is 0 Å². The largest absolute Gasteiger partial charge is 0.488 e. The van der Waals surface area contributed by atoms with Crippen LogP contribution in [0.5, 0.6) is 11.6 Å². The van der Waals surface area contributed by atoms with Gasteiger partial charge in [-0.1, -0.05) is 55.4 Å². The molecule has 0 saturated heterocycles. The van der Waals surface area contributed by atoms with Crippen LogP contribution in [0.2, 0.25) is 0 Å². The molecule has 184 valence electrons. The third kappa shape index (κ3) is 7.67. The van der Waals surface area contributed by atoms with Crippen LogP contribution in [-0.2, 0) is 11.2 Å². The van der Waals surface area contributed by atoms with Crippen LogP contribution in [0.25, 0.3) is 0 Å². The van der Waals surface area contributed by atoms with Crippen molar-refractivity contribution in [1.29, 1.82) is 0 Å². The molecule has 0 spiro atoms. The summed E-state index contributed by atoms with van der Waals surface area (Å²) < 4.78 is 16.9. The molecule has 0 amide bonds. The van der Waals surface area contributed by atoms with Gasteiger partial charge in [0.25, 0.3) is 5.88 Å². The second-order valence-electron chi connectivity index (χ2n) is 8.40. The fourth-order valence-corrected chi connectivity index (χ4v) is 3.97. The summed E-state index contributed by atoms with van der Waals surface area (Å²) in [5.74, 6) is 0.271. The van der Waals surface area contributed by atoms with Crippen molar-refractivity contribution in [3.05, 3.63) is 68.6 Å². The molecule has 1 aromatic rings. The molecule has 0 aliphatic heterocycles. The Labute approximate surface area is 198 Å². The molecule has 6 nitrogen and oxygen atoms in total. The van der Waals surface area contributed by atoms with Gasteiger partial charge in [0.05, 0.1) is 26.0 Å². The number of methoxy groups -OCH3 is 3. The predicted octanol–water partition coefficient (Wildman–Crippen LogP) is 5.80. The average Bonchev–Trinajstić information content (AvgIpc) is 2.76. The molecule has 0 aliphatic carbocycles. The van der Waals surface area contributed by atoms with E-state index in [-0.39, 0.29) is 29.1 Å². The number of hydrogen-bond acceptors (Lipinski definition) is 5. The zero-order chi connectivity index (χ0) is 25.1. The zero-order valence-corrected chi connectivity index (χ0v) is 21.7. The summed E-state index contributed by atoms with van der Waals surface area (Å²) in [6, 6.07) is 0. The molecule has 0 bridgehead atoms. The lowest BCUT2D eigenvalue weighted by atomic mass is 9.95. The average molecular weight is 460 g/mol. The van der Waals surface area contributed by atoms with Crippen molar-refractivity contribution in [3.8, 4) is 11.6 Å². The lowest BCUT2D eigenvalue weighted by molar-refractivity contribution is 0.103. The maximum absolute atomic E-state index is 12.5. The quantitative estimate of drug-likeness (QED) is 0.243. The first-order chi connectivity index (χ1) is 15.6. The Hall–Kier alpha value is -2.73. The Balaban J connectivity index is 2.91. The molecular formula is C27H41NO5. The molecule has 33 heavy (non-hydrogen) atoms. The van der Waals surface area contributed by atoms with E-state index in [0.29, 0.717) is 17.7 Å². The highest BCUT2D eigenvalue weighted by Crippen LogP contribution is 2.25. The summed E-state index contributed by atoms with van der Waals surface area (Å²) >= 11 is 0.